The fourth-order valence-electron chi connectivity index (χ4n) is 1.33. The monoisotopic (exact) mass is 219 g/mol. The average Bonchev–Trinajstić information content (AvgIpc) is 2.83. The number of aromatic amines is 1. The van der Waals surface area contributed by atoms with Crippen LogP contribution in [0.5, 0.6) is 5.88 Å². The van der Waals surface area contributed by atoms with Gasteiger partial charge >= 0.3 is 0 Å². The SMILES string of the molecule is COc1cc(NC(C)c2cn[nH]c2)ncn1. The predicted octanol–water partition coefficient (Wildman–Crippen LogP) is 1.38. The third-order valence-corrected chi connectivity index (χ3v) is 2.23. The zero-order chi connectivity index (χ0) is 11.4. The van der Waals surface area contributed by atoms with E-state index in [1.54, 1.807) is 19.4 Å². The van der Waals surface area contributed by atoms with Crippen molar-refractivity contribution in [2.75, 3.05) is 12.4 Å². The number of methoxy groups -OCH3 is 1. The number of ether oxygens (including phenoxy) is 1. The largest absolute Gasteiger partial charge is 0.481 e. The molecule has 0 saturated heterocycles. The molecule has 2 N–H and O–H groups in total. The Morgan fingerprint density at radius 2 is 2.31 bits per heavy atom. The van der Waals surface area contributed by atoms with E-state index >= 15 is 0 Å². The van der Waals surface area contributed by atoms with Gasteiger partial charge in [0.1, 0.15) is 12.1 Å². The van der Waals surface area contributed by atoms with Crippen molar-refractivity contribution in [1.29, 1.82) is 0 Å². The molecule has 2 rings (SSSR count). The van der Waals surface area contributed by atoms with E-state index < -0.39 is 0 Å². The number of nitrogens with one attached hydrogen (secondary N) is 2. The molecule has 0 bridgehead atoms. The number of aromatic nitrogens is 4. The summed E-state index contributed by atoms with van der Waals surface area (Å²) >= 11 is 0. The average molecular weight is 219 g/mol. The summed E-state index contributed by atoms with van der Waals surface area (Å²) in [5.41, 5.74) is 1.07. The minimum Gasteiger partial charge on any atom is -0.481 e. The summed E-state index contributed by atoms with van der Waals surface area (Å²) in [5, 5.41) is 9.90. The molecule has 84 valence electrons. The van der Waals surface area contributed by atoms with Gasteiger partial charge in [-0.2, -0.15) is 5.10 Å². The van der Waals surface area contributed by atoms with E-state index in [0.717, 1.165) is 11.4 Å². The van der Waals surface area contributed by atoms with Crippen LogP contribution in [0.15, 0.2) is 24.8 Å². The Kier molecular flexibility index (Phi) is 3.00. The molecule has 2 aromatic heterocycles. The number of H-pyrrole nitrogens is 1. The van der Waals surface area contributed by atoms with Crippen molar-refractivity contribution in [1.82, 2.24) is 20.2 Å². The van der Waals surface area contributed by atoms with E-state index in [-0.39, 0.29) is 6.04 Å². The summed E-state index contributed by atoms with van der Waals surface area (Å²) in [5.74, 6) is 1.26. The zero-order valence-corrected chi connectivity index (χ0v) is 9.14. The highest BCUT2D eigenvalue weighted by atomic mass is 16.5. The Labute approximate surface area is 93.1 Å². The molecule has 0 saturated carbocycles. The van der Waals surface area contributed by atoms with E-state index in [9.17, 15) is 0 Å². The van der Waals surface area contributed by atoms with Crippen molar-refractivity contribution in [2.24, 2.45) is 0 Å². The third-order valence-electron chi connectivity index (χ3n) is 2.23. The van der Waals surface area contributed by atoms with E-state index in [1.807, 2.05) is 13.1 Å². The number of hydrogen-bond acceptors (Lipinski definition) is 5. The van der Waals surface area contributed by atoms with Crippen LogP contribution in [0.25, 0.3) is 0 Å². The molecule has 16 heavy (non-hydrogen) atoms. The first kappa shape index (κ1) is 10.4. The summed E-state index contributed by atoms with van der Waals surface area (Å²) in [4.78, 5) is 8.04. The minimum atomic E-state index is 0.123. The fourth-order valence-corrected chi connectivity index (χ4v) is 1.33. The second kappa shape index (κ2) is 4.61. The van der Waals surface area contributed by atoms with Gasteiger partial charge in [-0.15, -0.1) is 0 Å². The van der Waals surface area contributed by atoms with Gasteiger partial charge in [-0.3, -0.25) is 5.10 Å². The van der Waals surface area contributed by atoms with Crippen LogP contribution in [-0.4, -0.2) is 27.3 Å². The first-order chi connectivity index (χ1) is 7.79. The van der Waals surface area contributed by atoms with E-state index in [1.165, 1.54) is 6.33 Å². The predicted molar refractivity (Wildman–Crippen MR) is 59.2 cm³/mol. The first-order valence-electron chi connectivity index (χ1n) is 4.91. The Hall–Kier alpha value is -2.11. The van der Waals surface area contributed by atoms with Crippen LogP contribution in [-0.2, 0) is 0 Å². The topological polar surface area (TPSA) is 75.7 Å². The van der Waals surface area contributed by atoms with Gasteiger partial charge in [-0.25, -0.2) is 9.97 Å². The van der Waals surface area contributed by atoms with Crippen molar-refractivity contribution in [3.63, 3.8) is 0 Å². The van der Waals surface area contributed by atoms with Crippen LogP contribution in [0, 0.1) is 0 Å². The minimum absolute atomic E-state index is 0.123. The molecule has 0 aromatic carbocycles. The molecule has 1 unspecified atom stereocenters. The lowest BCUT2D eigenvalue weighted by atomic mass is 10.2. The van der Waals surface area contributed by atoms with Crippen molar-refractivity contribution in [2.45, 2.75) is 13.0 Å². The van der Waals surface area contributed by atoms with E-state index in [0.29, 0.717) is 5.88 Å². The van der Waals surface area contributed by atoms with Crippen LogP contribution in [0.1, 0.15) is 18.5 Å². The molecular formula is C10H13N5O. The smallest absolute Gasteiger partial charge is 0.218 e. The molecule has 0 radical (unpaired) electrons. The Morgan fingerprint density at radius 1 is 1.44 bits per heavy atom. The lowest BCUT2D eigenvalue weighted by molar-refractivity contribution is 0.397. The van der Waals surface area contributed by atoms with Crippen molar-refractivity contribution in [3.8, 4) is 5.88 Å². The number of rotatable bonds is 4. The maximum atomic E-state index is 5.02. The first-order valence-corrected chi connectivity index (χ1v) is 4.91. The zero-order valence-electron chi connectivity index (χ0n) is 9.14. The van der Waals surface area contributed by atoms with Crippen molar-refractivity contribution >= 4 is 5.82 Å². The van der Waals surface area contributed by atoms with Gasteiger partial charge in [0.25, 0.3) is 0 Å². The van der Waals surface area contributed by atoms with Crippen LogP contribution in [0.4, 0.5) is 5.82 Å². The van der Waals surface area contributed by atoms with Gasteiger partial charge in [0.05, 0.1) is 19.3 Å². The maximum absolute atomic E-state index is 5.02. The highest BCUT2D eigenvalue weighted by Crippen LogP contribution is 2.18. The van der Waals surface area contributed by atoms with Gasteiger partial charge in [0.15, 0.2) is 0 Å². The molecule has 1 atom stereocenters. The highest BCUT2D eigenvalue weighted by Gasteiger charge is 2.07. The summed E-state index contributed by atoms with van der Waals surface area (Å²) in [6.07, 6.45) is 5.08. The van der Waals surface area contributed by atoms with Crippen LogP contribution < -0.4 is 10.1 Å². The van der Waals surface area contributed by atoms with Gasteiger partial charge < -0.3 is 10.1 Å². The maximum Gasteiger partial charge on any atom is 0.218 e. The standard InChI is InChI=1S/C10H13N5O/c1-7(8-4-13-14-5-8)15-9-3-10(16-2)12-6-11-9/h3-7H,1-2H3,(H,13,14)(H,11,12,15). The quantitative estimate of drug-likeness (QED) is 0.812. The Balaban J connectivity index is 2.08. The summed E-state index contributed by atoms with van der Waals surface area (Å²) < 4.78 is 5.02. The molecule has 0 spiro atoms. The van der Waals surface area contributed by atoms with Crippen LogP contribution in [0.3, 0.4) is 0 Å². The fraction of sp³-hybridized carbons (Fsp3) is 0.300. The number of anilines is 1. The molecule has 0 amide bonds. The lowest BCUT2D eigenvalue weighted by Gasteiger charge is -2.12. The lowest BCUT2D eigenvalue weighted by Crippen LogP contribution is -2.07. The van der Waals surface area contributed by atoms with Gasteiger partial charge in [-0.1, -0.05) is 0 Å². The Morgan fingerprint density at radius 3 is 3.00 bits per heavy atom. The summed E-state index contributed by atoms with van der Waals surface area (Å²) in [6, 6.07) is 1.87. The Bertz CT molecular complexity index is 442. The highest BCUT2D eigenvalue weighted by molar-refractivity contribution is 5.39. The molecule has 0 aliphatic heterocycles. The molecule has 0 aliphatic carbocycles. The molecule has 0 aliphatic rings. The normalized spacial score (nSPS) is 12.1. The van der Waals surface area contributed by atoms with Crippen molar-refractivity contribution in [3.05, 3.63) is 30.4 Å². The second-order valence-corrected chi connectivity index (χ2v) is 3.34. The molecule has 2 aromatic rings. The second-order valence-electron chi connectivity index (χ2n) is 3.34. The van der Waals surface area contributed by atoms with Gasteiger partial charge in [-0.05, 0) is 6.92 Å². The van der Waals surface area contributed by atoms with Crippen LogP contribution >= 0.6 is 0 Å². The van der Waals surface area contributed by atoms with E-state index in [4.69, 9.17) is 4.74 Å². The van der Waals surface area contributed by atoms with Crippen LogP contribution in [0.2, 0.25) is 0 Å². The summed E-state index contributed by atoms with van der Waals surface area (Å²) in [6.45, 7) is 2.03. The van der Waals surface area contributed by atoms with Gasteiger partial charge in [0, 0.05) is 17.8 Å². The molecule has 2 heterocycles. The van der Waals surface area contributed by atoms with E-state index in [2.05, 4.69) is 25.5 Å². The number of nitrogens with zero attached hydrogens (tertiary/aromatic N) is 3. The summed E-state index contributed by atoms with van der Waals surface area (Å²) in [7, 11) is 1.58. The molecule has 6 nitrogen and oxygen atoms in total. The van der Waals surface area contributed by atoms with Gasteiger partial charge in [0.2, 0.25) is 5.88 Å². The van der Waals surface area contributed by atoms with Crippen molar-refractivity contribution < 1.29 is 4.74 Å². The number of hydrogen-bond donors (Lipinski definition) is 2. The molecule has 0 fully saturated rings. The molecular weight excluding hydrogens is 206 g/mol. The molecule has 6 heteroatoms. The third kappa shape index (κ3) is 2.28.